The number of rotatable bonds is 5. The Labute approximate surface area is 171 Å². The number of halogens is 1. The molecule has 1 unspecified atom stereocenters. The second-order valence-electron chi connectivity index (χ2n) is 7.01. The van der Waals surface area contributed by atoms with Crippen molar-refractivity contribution in [1.29, 1.82) is 0 Å². The molecule has 0 N–H and O–H groups in total. The Hall–Kier alpha value is -1.79. The second kappa shape index (κ2) is 7.68. The number of fused-ring (bicyclic) bond motifs is 1. The molecule has 2 heterocycles. The number of β-lactam (4-membered cyclic amide) rings is 1. The van der Waals surface area contributed by atoms with Crippen LogP contribution in [0.5, 0.6) is 0 Å². The van der Waals surface area contributed by atoms with Gasteiger partial charge in [-0.2, -0.15) is 0 Å². The van der Waals surface area contributed by atoms with Crippen LogP contribution >= 0.6 is 27.7 Å². The lowest BCUT2D eigenvalue weighted by molar-refractivity contribution is -0.162. The SMILES string of the molecule is O=C1C[C@H]2SCC(CBr)(C(=O)OC(c3ccccc3)c3ccccc3)CN12. The fourth-order valence-electron chi connectivity index (χ4n) is 3.47. The molecule has 27 heavy (non-hydrogen) atoms. The van der Waals surface area contributed by atoms with E-state index in [1.165, 1.54) is 0 Å². The highest BCUT2D eigenvalue weighted by molar-refractivity contribution is 9.09. The summed E-state index contributed by atoms with van der Waals surface area (Å²) < 4.78 is 6.08. The van der Waals surface area contributed by atoms with Crippen molar-refractivity contribution in [2.24, 2.45) is 5.41 Å². The number of hydrogen-bond acceptors (Lipinski definition) is 4. The first-order chi connectivity index (χ1) is 13.1. The van der Waals surface area contributed by atoms with Gasteiger partial charge in [-0.05, 0) is 11.1 Å². The zero-order valence-corrected chi connectivity index (χ0v) is 17.1. The summed E-state index contributed by atoms with van der Waals surface area (Å²) in [6.45, 7) is 0.421. The second-order valence-corrected chi connectivity index (χ2v) is 8.74. The number of benzene rings is 2. The maximum Gasteiger partial charge on any atom is 0.316 e. The zero-order valence-electron chi connectivity index (χ0n) is 14.7. The number of amides is 1. The summed E-state index contributed by atoms with van der Waals surface area (Å²) in [5.41, 5.74) is 1.14. The highest BCUT2D eigenvalue weighted by Gasteiger charge is 2.52. The van der Waals surface area contributed by atoms with E-state index in [0.29, 0.717) is 24.0 Å². The molecule has 2 aliphatic rings. The number of alkyl halides is 1. The number of ether oxygens (including phenoxy) is 1. The van der Waals surface area contributed by atoms with Crippen molar-refractivity contribution in [1.82, 2.24) is 4.90 Å². The summed E-state index contributed by atoms with van der Waals surface area (Å²) in [5, 5.41) is 0.690. The molecule has 2 aliphatic heterocycles. The lowest BCUT2D eigenvalue weighted by Crippen LogP contribution is -2.62. The van der Waals surface area contributed by atoms with E-state index in [-0.39, 0.29) is 17.3 Å². The van der Waals surface area contributed by atoms with Gasteiger partial charge < -0.3 is 9.64 Å². The molecule has 0 spiro atoms. The van der Waals surface area contributed by atoms with Crippen LogP contribution in [0.15, 0.2) is 60.7 Å². The lowest BCUT2D eigenvalue weighted by atomic mass is 9.90. The minimum absolute atomic E-state index is 0.119. The van der Waals surface area contributed by atoms with Crippen LogP contribution in [0.2, 0.25) is 0 Å². The van der Waals surface area contributed by atoms with Crippen LogP contribution in [-0.2, 0) is 14.3 Å². The normalized spacial score (nSPS) is 24.3. The minimum Gasteiger partial charge on any atom is -0.452 e. The van der Waals surface area contributed by atoms with E-state index in [9.17, 15) is 9.59 Å². The van der Waals surface area contributed by atoms with Gasteiger partial charge in [0.15, 0.2) is 6.10 Å². The highest BCUT2D eigenvalue weighted by Crippen LogP contribution is 2.44. The van der Waals surface area contributed by atoms with Crippen LogP contribution < -0.4 is 0 Å². The standard InChI is InChI=1S/C21H20BrNO3S/c22-12-21(13-23-17(24)11-18(23)27-14-21)20(25)26-19(15-7-3-1-4-8-15)16-9-5-2-6-10-16/h1-10,18-19H,11-14H2/t18-,21?/m1/s1. The molecule has 2 aromatic rings. The third-order valence-corrected chi connectivity index (χ3v) is 7.76. The quantitative estimate of drug-likeness (QED) is 0.396. The Kier molecular flexibility index (Phi) is 5.28. The third kappa shape index (κ3) is 3.52. The lowest BCUT2D eigenvalue weighted by Gasteiger charge is -2.50. The van der Waals surface area contributed by atoms with Crippen molar-refractivity contribution in [2.45, 2.75) is 17.9 Å². The molecule has 0 aromatic heterocycles. The number of nitrogens with zero attached hydrogens (tertiary/aromatic N) is 1. The van der Waals surface area contributed by atoms with E-state index in [1.54, 1.807) is 16.7 Å². The maximum absolute atomic E-state index is 13.3. The molecule has 2 fully saturated rings. The van der Waals surface area contributed by atoms with Gasteiger partial charge in [-0.3, -0.25) is 9.59 Å². The summed E-state index contributed by atoms with van der Waals surface area (Å²) in [6, 6.07) is 19.5. The van der Waals surface area contributed by atoms with E-state index < -0.39 is 11.5 Å². The number of carbonyl (C=O) groups excluding carboxylic acids is 2. The van der Waals surface area contributed by atoms with Gasteiger partial charge in [0.05, 0.1) is 11.8 Å². The topological polar surface area (TPSA) is 46.6 Å². The van der Waals surface area contributed by atoms with Crippen LogP contribution in [0, 0.1) is 5.41 Å². The molecule has 2 aromatic carbocycles. The van der Waals surface area contributed by atoms with Crippen LogP contribution in [0.4, 0.5) is 0 Å². The fraction of sp³-hybridized carbons (Fsp3) is 0.333. The van der Waals surface area contributed by atoms with Gasteiger partial charge in [0, 0.05) is 17.6 Å². The molecule has 0 saturated carbocycles. The Bertz CT molecular complexity index is 792. The minimum atomic E-state index is -0.723. The van der Waals surface area contributed by atoms with Crippen LogP contribution in [0.25, 0.3) is 0 Å². The van der Waals surface area contributed by atoms with Crippen molar-refractivity contribution in [3.8, 4) is 0 Å². The van der Waals surface area contributed by atoms with Crippen molar-refractivity contribution < 1.29 is 14.3 Å². The Balaban J connectivity index is 1.60. The molecular weight excluding hydrogens is 426 g/mol. The highest BCUT2D eigenvalue weighted by atomic mass is 79.9. The average Bonchev–Trinajstić information content (AvgIpc) is 2.72. The number of hydrogen-bond donors (Lipinski definition) is 0. The van der Waals surface area contributed by atoms with Gasteiger partial charge in [0.2, 0.25) is 5.91 Å². The Morgan fingerprint density at radius 3 is 2.26 bits per heavy atom. The van der Waals surface area contributed by atoms with E-state index >= 15 is 0 Å². The van der Waals surface area contributed by atoms with E-state index in [4.69, 9.17) is 4.74 Å². The van der Waals surface area contributed by atoms with E-state index in [2.05, 4.69) is 15.9 Å². The number of thioether (sulfide) groups is 1. The summed E-state index contributed by atoms with van der Waals surface area (Å²) in [5.74, 6) is 0.512. The van der Waals surface area contributed by atoms with Crippen molar-refractivity contribution in [2.75, 3.05) is 17.6 Å². The molecule has 4 nitrogen and oxygen atoms in total. The summed E-state index contributed by atoms with van der Waals surface area (Å²) in [6.07, 6.45) is 0.111. The van der Waals surface area contributed by atoms with Crippen LogP contribution in [0.1, 0.15) is 23.7 Å². The molecular formula is C21H20BrNO3S. The van der Waals surface area contributed by atoms with E-state index in [1.807, 2.05) is 60.7 Å². The first-order valence-corrected chi connectivity index (χ1v) is 11.1. The van der Waals surface area contributed by atoms with Gasteiger partial charge in [0.25, 0.3) is 0 Å². The molecule has 4 rings (SSSR count). The van der Waals surface area contributed by atoms with Crippen molar-refractivity contribution in [3.63, 3.8) is 0 Å². The molecule has 6 heteroatoms. The molecule has 1 amide bonds. The summed E-state index contributed by atoms with van der Waals surface area (Å²) >= 11 is 5.18. The predicted octanol–water partition coefficient (Wildman–Crippen LogP) is 4.01. The average molecular weight is 446 g/mol. The monoisotopic (exact) mass is 445 g/mol. The first kappa shape index (κ1) is 18.6. The summed E-state index contributed by atoms with van der Waals surface area (Å²) in [7, 11) is 0. The predicted molar refractivity (Wildman–Crippen MR) is 110 cm³/mol. The van der Waals surface area contributed by atoms with E-state index in [0.717, 1.165) is 11.1 Å². The van der Waals surface area contributed by atoms with Gasteiger partial charge in [0.1, 0.15) is 5.41 Å². The Morgan fingerprint density at radius 2 is 1.74 bits per heavy atom. The van der Waals surface area contributed by atoms with Crippen LogP contribution in [0.3, 0.4) is 0 Å². The summed E-state index contributed by atoms with van der Waals surface area (Å²) in [4.78, 5) is 27.0. The molecule has 0 aliphatic carbocycles. The molecule has 2 atom stereocenters. The first-order valence-electron chi connectivity index (χ1n) is 8.91. The maximum atomic E-state index is 13.3. The van der Waals surface area contributed by atoms with Crippen molar-refractivity contribution >= 4 is 39.6 Å². The van der Waals surface area contributed by atoms with Gasteiger partial charge in [-0.15, -0.1) is 11.8 Å². The number of esters is 1. The Morgan fingerprint density at radius 1 is 1.15 bits per heavy atom. The smallest absolute Gasteiger partial charge is 0.316 e. The zero-order chi connectivity index (χ0) is 18.9. The molecule has 140 valence electrons. The van der Waals surface area contributed by atoms with Gasteiger partial charge in [-0.1, -0.05) is 76.6 Å². The van der Waals surface area contributed by atoms with Crippen molar-refractivity contribution in [3.05, 3.63) is 71.8 Å². The van der Waals surface area contributed by atoms with Gasteiger partial charge >= 0.3 is 5.97 Å². The van der Waals surface area contributed by atoms with Gasteiger partial charge in [-0.25, -0.2) is 0 Å². The molecule has 0 bridgehead atoms. The fourth-order valence-corrected chi connectivity index (χ4v) is 5.79. The molecule has 0 radical (unpaired) electrons. The van der Waals surface area contributed by atoms with Crippen LogP contribution in [-0.4, -0.2) is 39.8 Å². The third-order valence-electron chi connectivity index (χ3n) is 5.16. The number of carbonyl (C=O) groups is 2. The largest absolute Gasteiger partial charge is 0.452 e. The molecule has 2 saturated heterocycles.